The van der Waals surface area contributed by atoms with E-state index in [0.717, 1.165) is 16.7 Å². The first-order valence-corrected chi connectivity index (χ1v) is 8.38. The van der Waals surface area contributed by atoms with Gasteiger partial charge in [-0.25, -0.2) is 0 Å². The number of aliphatic hydroxyl groups excluding tert-OH is 1. The summed E-state index contributed by atoms with van der Waals surface area (Å²) < 4.78 is 0. The Labute approximate surface area is 151 Å². The van der Waals surface area contributed by atoms with Crippen LogP contribution in [0.25, 0.3) is 11.1 Å². The number of hydrogen-bond acceptors (Lipinski definition) is 2. The molecule has 4 heteroatoms. The number of carbonyl (C=O) groups is 1. The van der Waals surface area contributed by atoms with E-state index in [2.05, 4.69) is 5.32 Å². The van der Waals surface area contributed by atoms with Crippen molar-refractivity contribution in [3.63, 3.8) is 0 Å². The van der Waals surface area contributed by atoms with Crippen molar-refractivity contribution in [3.05, 3.63) is 95.0 Å². The number of amides is 1. The van der Waals surface area contributed by atoms with Crippen LogP contribution in [0.2, 0.25) is 5.02 Å². The van der Waals surface area contributed by atoms with Crippen LogP contribution >= 0.6 is 11.6 Å². The largest absolute Gasteiger partial charge is 0.387 e. The lowest BCUT2D eigenvalue weighted by atomic mass is 10.0. The standard InChI is InChI=1S/C21H18ClNO2/c22-19-12-10-16(11-13-19)15-6-8-18(9-7-15)21(25)23-14-20(24)17-4-2-1-3-5-17/h1-13,20,24H,14H2,(H,23,25)/t20-/m1/s1/i20+2. The highest BCUT2D eigenvalue weighted by atomic mass is 35.5. The normalized spacial score (nSPS) is 11.8. The molecular formula is C21H18ClNO2. The molecule has 1 amide bonds. The summed E-state index contributed by atoms with van der Waals surface area (Å²) in [5.74, 6) is -0.211. The minimum atomic E-state index is -0.724. The first-order valence-electron chi connectivity index (χ1n) is 8.01. The molecule has 0 saturated heterocycles. The Morgan fingerprint density at radius 2 is 1.44 bits per heavy atom. The fourth-order valence-electron chi connectivity index (χ4n) is 2.54. The first-order chi connectivity index (χ1) is 12.1. The molecule has 0 bridgehead atoms. The Kier molecular flexibility index (Phi) is 5.49. The second kappa shape index (κ2) is 7.97. The molecular weight excluding hydrogens is 336 g/mol. The van der Waals surface area contributed by atoms with Crippen molar-refractivity contribution in [2.24, 2.45) is 0 Å². The van der Waals surface area contributed by atoms with Crippen LogP contribution in [0.4, 0.5) is 0 Å². The summed E-state index contributed by atoms with van der Waals surface area (Å²) in [6, 6.07) is 24.1. The summed E-state index contributed by atoms with van der Waals surface area (Å²) in [5, 5.41) is 13.6. The molecule has 1 atom stereocenters. The monoisotopic (exact) mass is 353 g/mol. The second-order valence-electron chi connectivity index (χ2n) is 5.72. The van der Waals surface area contributed by atoms with Gasteiger partial charge in [0, 0.05) is 17.1 Å². The van der Waals surface area contributed by atoms with E-state index >= 15 is 0 Å². The lowest BCUT2D eigenvalue weighted by molar-refractivity contribution is 0.0916. The lowest BCUT2D eigenvalue weighted by Crippen LogP contribution is -2.28. The molecule has 0 saturated carbocycles. The number of carbonyl (C=O) groups excluding carboxylic acids is 1. The second-order valence-corrected chi connectivity index (χ2v) is 6.16. The van der Waals surface area contributed by atoms with Gasteiger partial charge in [0.1, 0.15) is 0 Å². The van der Waals surface area contributed by atoms with Crippen LogP contribution < -0.4 is 5.32 Å². The van der Waals surface area contributed by atoms with E-state index in [9.17, 15) is 9.90 Å². The Morgan fingerprint density at radius 1 is 0.880 bits per heavy atom. The van der Waals surface area contributed by atoms with Crippen molar-refractivity contribution in [3.8, 4) is 11.1 Å². The zero-order valence-electron chi connectivity index (χ0n) is 13.5. The minimum Gasteiger partial charge on any atom is -0.387 e. The average Bonchev–Trinajstić information content (AvgIpc) is 2.67. The number of nitrogens with one attached hydrogen (secondary N) is 1. The Bertz CT molecular complexity index is 830. The maximum Gasteiger partial charge on any atom is 0.251 e. The van der Waals surface area contributed by atoms with E-state index in [1.807, 2.05) is 66.7 Å². The van der Waals surface area contributed by atoms with E-state index in [0.29, 0.717) is 10.6 Å². The van der Waals surface area contributed by atoms with Gasteiger partial charge in [0.15, 0.2) is 0 Å². The van der Waals surface area contributed by atoms with Gasteiger partial charge in [-0.2, -0.15) is 0 Å². The molecule has 0 aliphatic rings. The third-order valence-electron chi connectivity index (χ3n) is 3.96. The van der Waals surface area contributed by atoms with Crippen LogP contribution in [0.15, 0.2) is 78.9 Å². The maximum atomic E-state index is 12.2. The van der Waals surface area contributed by atoms with Crippen LogP contribution in [0.5, 0.6) is 0 Å². The lowest BCUT2D eigenvalue weighted by Gasteiger charge is -2.12. The molecule has 3 nitrogen and oxygen atoms in total. The number of aliphatic hydroxyl groups is 1. The minimum absolute atomic E-state index is 0.168. The molecule has 0 aliphatic carbocycles. The van der Waals surface area contributed by atoms with Crippen LogP contribution in [-0.4, -0.2) is 17.6 Å². The summed E-state index contributed by atoms with van der Waals surface area (Å²) in [5.41, 5.74) is 3.38. The highest BCUT2D eigenvalue weighted by Gasteiger charge is 2.10. The fraction of sp³-hybridized carbons (Fsp3) is 0.0952. The molecule has 0 aromatic heterocycles. The van der Waals surface area contributed by atoms with E-state index in [4.69, 9.17) is 11.6 Å². The smallest absolute Gasteiger partial charge is 0.251 e. The molecule has 3 rings (SSSR count). The first kappa shape index (κ1) is 17.2. The predicted molar refractivity (Wildman–Crippen MR) is 101 cm³/mol. The van der Waals surface area contributed by atoms with Gasteiger partial charge < -0.3 is 10.4 Å². The average molecular weight is 354 g/mol. The van der Waals surface area contributed by atoms with Gasteiger partial charge in [0.25, 0.3) is 5.91 Å². The van der Waals surface area contributed by atoms with Gasteiger partial charge in [-0.05, 0) is 41.0 Å². The van der Waals surface area contributed by atoms with Crippen LogP contribution in [0.3, 0.4) is 0 Å². The third kappa shape index (κ3) is 4.47. The quantitative estimate of drug-likeness (QED) is 0.711. The van der Waals surface area contributed by atoms with E-state index in [1.54, 1.807) is 12.1 Å². The molecule has 3 aromatic carbocycles. The van der Waals surface area contributed by atoms with E-state index in [1.165, 1.54) is 0 Å². The molecule has 0 radical (unpaired) electrons. The highest BCUT2D eigenvalue weighted by Crippen LogP contribution is 2.22. The van der Waals surface area contributed by atoms with Crippen LogP contribution in [0, 0.1) is 0 Å². The maximum absolute atomic E-state index is 12.2. The van der Waals surface area contributed by atoms with Crippen LogP contribution in [-0.2, 0) is 0 Å². The summed E-state index contributed by atoms with van der Waals surface area (Å²) >= 11 is 5.90. The summed E-state index contributed by atoms with van der Waals surface area (Å²) in [4.78, 5) is 12.2. The number of halogens is 1. The summed E-state index contributed by atoms with van der Waals surface area (Å²) in [7, 11) is 0. The van der Waals surface area contributed by atoms with Crippen molar-refractivity contribution in [2.75, 3.05) is 6.54 Å². The molecule has 0 aliphatic heterocycles. The molecule has 25 heavy (non-hydrogen) atoms. The Balaban J connectivity index is 1.62. The number of benzene rings is 3. The van der Waals surface area contributed by atoms with Crippen molar-refractivity contribution in [2.45, 2.75) is 6.10 Å². The molecule has 3 aromatic rings. The molecule has 0 heterocycles. The van der Waals surface area contributed by atoms with E-state index < -0.39 is 6.10 Å². The van der Waals surface area contributed by atoms with Gasteiger partial charge in [0.05, 0.1) is 6.10 Å². The zero-order valence-corrected chi connectivity index (χ0v) is 14.3. The van der Waals surface area contributed by atoms with Crippen molar-refractivity contribution in [1.29, 1.82) is 0 Å². The van der Waals surface area contributed by atoms with Gasteiger partial charge >= 0.3 is 0 Å². The van der Waals surface area contributed by atoms with Gasteiger partial charge in [-0.1, -0.05) is 66.2 Å². The highest BCUT2D eigenvalue weighted by molar-refractivity contribution is 6.30. The SMILES string of the molecule is O=C(NC[14C@@H](O)c1ccccc1)c1ccc(-c2ccc(Cl)cc2)cc1. The fourth-order valence-corrected chi connectivity index (χ4v) is 2.67. The molecule has 0 fully saturated rings. The molecule has 0 spiro atoms. The van der Waals surface area contributed by atoms with Crippen LogP contribution in [0.1, 0.15) is 22.0 Å². The molecule has 126 valence electrons. The zero-order chi connectivity index (χ0) is 17.6. The van der Waals surface area contributed by atoms with E-state index in [-0.39, 0.29) is 12.5 Å². The third-order valence-corrected chi connectivity index (χ3v) is 4.22. The number of hydrogen-bond donors (Lipinski definition) is 2. The van der Waals surface area contributed by atoms with Crippen molar-refractivity contribution < 1.29 is 9.90 Å². The van der Waals surface area contributed by atoms with Gasteiger partial charge in [0.2, 0.25) is 0 Å². The van der Waals surface area contributed by atoms with Gasteiger partial charge in [-0.15, -0.1) is 0 Å². The molecule has 2 N–H and O–H groups in total. The predicted octanol–water partition coefficient (Wildman–Crippen LogP) is 4.47. The number of rotatable bonds is 5. The summed E-state index contributed by atoms with van der Waals surface area (Å²) in [6.07, 6.45) is -0.724. The topological polar surface area (TPSA) is 49.3 Å². The Hall–Kier alpha value is -2.62. The molecule has 0 unspecified atom stereocenters. The summed E-state index contributed by atoms with van der Waals surface area (Å²) in [6.45, 7) is 0.168. The Morgan fingerprint density at radius 3 is 2.04 bits per heavy atom. The van der Waals surface area contributed by atoms with Crippen molar-refractivity contribution >= 4 is 17.5 Å². The van der Waals surface area contributed by atoms with Crippen molar-refractivity contribution in [1.82, 2.24) is 5.32 Å². The van der Waals surface area contributed by atoms with Gasteiger partial charge in [-0.3, -0.25) is 4.79 Å².